The minimum absolute atomic E-state index is 0.0221. The van der Waals surface area contributed by atoms with Gasteiger partial charge in [0.2, 0.25) is 0 Å². The molecule has 2 bridgehead atoms. The summed E-state index contributed by atoms with van der Waals surface area (Å²) in [6.07, 6.45) is 5.01. The van der Waals surface area contributed by atoms with Gasteiger partial charge in [0.05, 0.1) is 6.42 Å². The number of hydrogen-bond acceptors (Lipinski definition) is 2. The van der Waals surface area contributed by atoms with Gasteiger partial charge in [-0.1, -0.05) is 6.42 Å². The van der Waals surface area contributed by atoms with Crippen molar-refractivity contribution in [3.8, 4) is 0 Å². The molecule has 0 saturated heterocycles. The maximum atomic E-state index is 10.9. The third kappa shape index (κ3) is 1.34. The molecule has 2 aliphatic rings. The fourth-order valence-corrected chi connectivity index (χ4v) is 3.70. The summed E-state index contributed by atoms with van der Waals surface area (Å²) in [5.74, 6) is 0.642. The van der Waals surface area contributed by atoms with Crippen LogP contribution >= 0.6 is 0 Å². The monoisotopic (exact) mass is 197 g/mol. The Morgan fingerprint density at radius 2 is 2.36 bits per heavy atom. The first kappa shape index (κ1) is 9.97. The van der Waals surface area contributed by atoms with E-state index in [4.69, 9.17) is 10.8 Å². The summed E-state index contributed by atoms with van der Waals surface area (Å²) in [5, 5.41) is 8.96. The van der Waals surface area contributed by atoms with Crippen molar-refractivity contribution in [3.63, 3.8) is 0 Å². The summed E-state index contributed by atoms with van der Waals surface area (Å²) in [6.45, 7) is 1.98. The Hall–Kier alpha value is -0.570. The second kappa shape index (κ2) is 3.23. The Balaban J connectivity index is 2.19. The molecule has 3 nitrogen and oxygen atoms in total. The van der Waals surface area contributed by atoms with Gasteiger partial charge in [0.15, 0.2) is 0 Å². The zero-order chi connectivity index (χ0) is 10.3. The predicted octanol–water partition coefficient (Wildman–Crippen LogP) is 1.61. The van der Waals surface area contributed by atoms with Gasteiger partial charge in [0.1, 0.15) is 0 Å². The van der Waals surface area contributed by atoms with Crippen molar-refractivity contribution >= 4 is 5.97 Å². The Labute approximate surface area is 84.7 Å². The zero-order valence-corrected chi connectivity index (χ0v) is 8.70. The van der Waals surface area contributed by atoms with Crippen molar-refractivity contribution in [1.82, 2.24) is 0 Å². The van der Waals surface area contributed by atoms with Crippen LogP contribution in [0.15, 0.2) is 0 Å². The number of carboxylic acids is 1. The molecular formula is C11H19NO2. The van der Waals surface area contributed by atoms with Crippen LogP contribution in [0.25, 0.3) is 0 Å². The molecule has 0 radical (unpaired) electrons. The lowest BCUT2D eigenvalue weighted by Crippen LogP contribution is -2.45. The van der Waals surface area contributed by atoms with E-state index in [0.717, 1.165) is 12.3 Å². The minimum Gasteiger partial charge on any atom is -0.481 e. The highest BCUT2D eigenvalue weighted by atomic mass is 16.4. The first-order chi connectivity index (χ1) is 6.54. The summed E-state index contributed by atoms with van der Waals surface area (Å²) >= 11 is 0. The Bertz CT molecular complexity index is 252. The molecule has 2 aliphatic carbocycles. The Morgan fingerprint density at radius 1 is 1.64 bits per heavy atom. The van der Waals surface area contributed by atoms with Gasteiger partial charge in [0.25, 0.3) is 0 Å². The maximum Gasteiger partial charge on any atom is 0.303 e. The molecule has 2 saturated carbocycles. The van der Waals surface area contributed by atoms with E-state index in [0.29, 0.717) is 5.92 Å². The summed E-state index contributed by atoms with van der Waals surface area (Å²) in [4.78, 5) is 10.9. The zero-order valence-electron chi connectivity index (χ0n) is 8.70. The van der Waals surface area contributed by atoms with E-state index in [-0.39, 0.29) is 17.9 Å². The molecule has 0 amide bonds. The Kier molecular flexibility index (Phi) is 2.30. The van der Waals surface area contributed by atoms with Crippen LogP contribution < -0.4 is 5.73 Å². The highest BCUT2D eigenvalue weighted by Gasteiger charge is 2.53. The van der Waals surface area contributed by atoms with Crippen LogP contribution in [-0.2, 0) is 4.79 Å². The maximum absolute atomic E-state index is 10.9. The van der Waals surface area contributed by atoms with Crippen molar-refractivity contribution in [2.24, 2.45) is 23.0 Å². The second-order valence-electron chi connectivity index (χ2n) is 5.17. The molecular weight excluding hydrogens is 178 g/mol. The van der Waals surface area contributed by atoms with E-state index < -0.39 is 5.97 Å². The van der Waals surface area contributed by atoms with E-state index >= 15 is 0 Å². The lowest BCUT2D eigenvalue weighted by Gasteiger charge is -2.40. The average molecular weight is 197 g/mol. The lowest BCUT2D eigenvalue weighted by atomic mass is 9.66. The van der Waals surface area contributed by atoms with Gasteiger partial charge in [0, 0.05) is 6.04 Å². The minimum atomic E-state index is -0.685. The first-order valence-electron chi connectivity index (χ1n) is 5.52. The van der Waals surface area contributed by atoms with Crippen molar-refractivity contribution in [2.75, 3.05) is 0 Å². The van der Waals surface area contributed by atoms with Gasteiger partial charge < -0.3 is 10.8 Å². The van der Waals surface area contributed by atoms with E-state index in [1.165, 1.54) is 19.3 Å². The van der Waals surface area contributed by atoms with Crippen LogP contribution in [0.1, 0.15) is 39.0 Å². The Morgan fingerprint density at radius 3 is 2.71 bits per heavy atom. The molecule has 14 heavy (non-hydrogen) atoms. The number of carboxylic acid groups (broad SMARTS) is 1. The quantitative estimate of drug-likeness (QED) is 0.722. The van der Waals surface area contributed by atoms with E-state index in [1.807, 2.05) is 6.92 Å². The van der Waals surface area contributed by atoms with Gasteiger partial charge in [-0.15, -0.1) is 0 Å². The highest BCUT2D eigenvalue weighted by Crippen LogP contribution is 2.58. The van der Waals surface area contributed by atoms with Gasteiger partial charge >= 0.3 is 5.97 Å². The number of nitrogens with two attached hydrogens (primary N) is 1. The molecule has 0 aromatic carbocycles. The number of rotatable bonds is 3. The van der Waals surface area contributed by atoms with Crippen LogP contribution in [0.3, 0.4) is 0 Å². The van der Waals surface area contributed by atoms with Gasteiger partial charge in [-0.25, -0.2) is 0 Å². The van der Waals surface area contributed by atoms with Gasteiger partial charge in [-0.2, -0.15) is 0 Å². The normalized spacial score (nSPS) is 42.7. The standard InChI is InChI=1S/C11H19NO2/c1-7(12)11(6-10(13)14)5-8-2-3-9(11)4-8/h7-9H,2-6,12H2,1H3,(H,13,14). The molecule has 3 heteroatoms. The third-order valence-electron chi connectivity index (χ3n) is 4.41. The van der Waals surface area contributed by atoms with Crippen molar-refractivity contribution < 1.29 is 9.90 Å². The van der Waals surface area contributed by atoms with Crippen molar-refractivity contribution in [3.05, 3.63) is 0 Å². The number of hydrogen-bond donors (Lipinski definition) is 2. The van der Waals surface area contributed by atoms with Crippen molar-refractivity contribution in [1.29, 1.82) is 0 Å². The molecule has 0 aromatic rings. The smallest absolute Gasteiger partial charge is 0.303 e. The summed E-state index contributed by atoms with van der Waals surface area (Å²) in [6, 6.07) is 0.0221. The SMILES string of the molecule is CC(N)C1(CC(=O)O)CC2CCC1C2. The van der Waals surface area contributed by atoms with Crippen LogP contribution in [0.4, 0.5) is 0 Å². The van der Waals surface area contributed by atoms with Gasteiger partial charge in [-0.3, -0.25) is 4.79 Å². The van der Waals surface area contributed by atoms with Crippen LogP contribution in [-0.4, -0.2) is 17.1 Å². The van der Waals surface area contributed by atoms with Crippen LogP contribution in [0.5, 0.6) is 0 Å². The van der Waals surface area contributed by atoms with Crippen LogP contribution in [0.2, 0.25) is 0 Å². The molecule has 80 valence electrons. The topological polar surface area (TPSA) is 63.3 Å². The summed E-state index contributed by atoms with van der Waals surface area (Å²) in [7, 11) is 0. The number of carbonyl (C=O) groups is 1. The van der Waals surface area contributed by atoms with Crippen LogP contribution in [0, 0.1) is 17.3 Å². The first-order valence-corrected chi connectivity index (χ1v) is 5.52. The third-order valence-corrected chi connectivity index (χ3v) is 4.41. The van der Waals surface area contributed by atoms with E-state index in [1.54, 1.807) is 0 Å². The number of aliphatic carboxylic acids is 1. The van der Waals surface area contributed by atoms with Gasteiger partial charge in [-0.05, 0) is 43.4 Å². The molecule has 0 aliphatic heterocycles. The second-order valence-corrected chi connectivity index (χ2v) is 5.17. The molecule has 4 atom stereocenters. The predicted molar refractivity (Wildman–Crippen MR) is 53.8 cm³/mol. The fraction of sp³-hybridized carbons (Fsp3) is 0.909. The molecule has 3 N–H and O–H groups in total. The van der Waals surface area contributed by atoms with Crippen molar-refractivity contribution in [2.45, 2.75) is 45.1 Å². The fourth-order valence-electron chi connectivity index (χ4n) is 3.70. The van der Waals surface area contributed by atoms with E-state index in [2.05, 4.69) is 0 Å². The average Bonchev–Trinajstić information content (AvgIpc) is 2.61. The summed E-state index contributed by atoms with van der Waals surface area (Å²) in [5.41, 5.74) is 5.92. The summed E-state index contributed by atoms with van der Waals surface area (Å²) < 4.78 is 0. The molecule has 0 spiro atoms. The lowest BCUT2D eigenvalue weighted by molar-refractivity contribution is -0.141. The molecule has 2 rings (SSSR count). The molecule has 2 fully saturated rings. The number of fused-ring (bicyclic) bond motifs is 2. The van der Waals surface area contributed by atoms with E-state index in [9.17, 15) is 4.79 Å². The largest absolute Gasteiger partial charge is 0.481 e. The molecule has 4 unspecified atom stereocenters. The highest BCUT2D eigenvalue weighted by molar-refractivity contribution is 5.68. The molecule has 0 aromatic heterocycles. The molecule has 0 heterocycles.